The third-order valence-corrected chi connectivity index (χ3v) is 4.27. The number of piperidine rings is 1. The van der Waals surface area contributed by atoms with Crippen molar-refractivity contribution in [1.29, 1.82) is 0 Å². The van der Waals surface area contributed by atoms with E-state index in [-0.39, 0.29) is 0 Å². The van der Waals surface area contributed by atoms with Crippen LogP contribution in [0.15, 0.2) is 41.4 Å². The van der Waals surface area contributed by atoms with Gasteiger partial charge in [-0.05, 0) is 44.2 Å². The zero-order valence-corrected chi connectivity index (χ0v) is 13.7. The van der Waals surface area contributed by atoms with Gasteiger partial charge in [-0.3, -0.25) is 0 Å². The fraction of sp³-hybridized carbons (Fsp3) is 0.389. The average molecular weight is 309 g/mol. The predicted molar refractivity (Wildman–Crippen MR) is 92.8 cm³/mol. The smallest absolute Gasteiger partial charge is 0.253 e. The maximum Gasteiger partial charge on any atom is 0.253 e. The number of nitrogens with two attached hydrogens (primary N) is 1. The number of aliphatic imine (C=N–C) groups is 1. The van der Waals surface area contributed by atoms with Crippen molar-refractivity contribution >= 4 is 11.9 Å². The first kappa shape index (κ1) is 15.5. The number of hydrogen-bond donors (Lipinski definition) is 1. The first-order valence-corrected chi connectivity index (χ1v) is 8.08. The third kappa shape index (κ3) is 3.86. The monoisotopic (exact) mass is 309 g/mol. The molecule has 2 heterocycles. The molecule has 0 unspecified atom stereocenters. The van der Waals surface area contributed by atoms with Gasteiger partial charge in [-0.15, -0.1) is 0 Å². The first-order valence-electron chi connectivity index (χ1n) is 8.08. The highest BCUT2D eigenvalue weighted by molar-refractivity contribution is 5.80. The lowest BCUT2D eigenvalue weighted by Gasteiger charge is -2.32. The molecule has 1 saturated heterocycles. The minimum absolute atomic E-state index is 0.449. The zero-order chi connectivity index (χ0) is 16.2. The SMILES string of the molecule is Cc1cc(C)nc(/N=C(\N)N2CCC(c3ccccc3)CC2)n1. The van der Waals surface area contributed by atoms with Crippen molar-refractivity contribution in [2.75, 3.05) is 13.1 Å². The third-order valence-electron chi connectivity index (χ3n) is 4.27. The Morgan fingerprint density at radius 1 is 1.09 bits per heavy atom. The Balaban J connectivity index is 1.66. The van der Waals surface area contributed by atoms with E-state index in [2.05, 4.69) is 50.2 Å². The van der Waals surface area contributed by atoms with E-state index in [9.17, 15) is 0 Å². The zero-order valence-electron chi connectivity index (χ0n) is 13.7. The van der Waals surface area contributed by atoms with Crippen LogP contribution in [-0.4, -0.2) is 33.9 Å². The molecule has 1 fully saturated rings. The van der Waals surface area contributed by atoms with Crippen LogP contribution < -0.4 is 5.73 Å². The van der Waals surface area contributed by atoms with Crippen molar-refractivity contribution in [3.63, 3.8) is 0 Å². The molecule has 1 aromatic carbocycles. The second-order valence-electron chi connectivity index (χ2n) is 6.09. The lowest BCUT2D eigenvalue weighted by molar-refractivity contribution is 0.310. The van der Waals surface area contributed by atoms with E-state index in [1.165, 1.54) is 5.56 Å². The van der Waals surface area contributed by atoms with Gasteiger partial charge in [0.05, 0.1) is 0 Å². The summed E-state index contributed by atoms with van der Waals surface area (Å²) in [7, 11) is 0. The summed E-state index contributed by atoms with van der Waals surface area (Å²) in [6, 6.07) is 12.6. The molecular formula is C18H23N5. The van der Waals surface area contributed by atoms with Crippen LogP contribution in [0, 0.1) is 13.8 Å². The van der Waals surface area contributed by atoms with Gasteiger partial charge in [-0.2, -0.15) is 4.99 Å². The number of benzene rings is 1. The van der Waals surface area contributed by atoms with Crippen LogP contribution in [0.25, 0.3) is 0 Å². The topological polar surface area (TPSA) is 67.4 Å². The van der Waals surface area contributed by atoms with Gasteiger partial charge >= 0.3 is 0 Å². The number of aromatic nitrogens is 2. The summed E-state index contributed by atoms with van der Waals surface area (Å²) >= 11 is 0. The Bertz CT molecular complexity index is 668. The van der Waals surface area contributed by atoms with Crippen LogP contribution in [0.5, 0.6) is 0 Å². The fourth-order valence-corrected chi connectivity index (χ4v) is 3.10. The number of hydrogen-bond acceptors (Lipinski definition) is 3. The molecule has 0 bridgehead atoms. The molecule has 23 heavy (non-hydrogen) atoms. The molecule has 1 aliphatic rings. The van der Waals surface area contributed by atoms with E-state index in [0.717, 1.165) is 37.3 Å². The summed E-state index contributed by atoms with van der Waals surface area (Å²) in [6.45, 7) is 5.71. The van der Waals surface area contributed by atoms with Crippen LogP contribution in [0.1, 0.15) is 35.7 Å². The number of rotatable bonds is 2. The Kier molecular flexibility index (Phi) is 4.55. The highest BCUT2D eigenvalue weighted by Crippen LogP contribution is 2.27. The van der Waals surface area contributed by atoms with Gasteiger partial charge in [0.15, 0.2) is 5.96 Å². The molecule has 120 valence electrons. The highest BCUT2D eigenvalue weighted by Gasteiger charge is 2.21. The average Bonchev–Trinajstić information content (AvgIpc) is 2.55. The summed E-state index contributed by atoms with van der Waals surface area (Å²) in [4.78, 5) is 15.2. The summed E-state index contributed by atoms with van der Waals surface area (Å²) in [6.07, 6.45) is 2.18. The quantitative estimate of drug-likeness (QED) is 0.684. The first-order chi connectivity index (χ1) is 11.1. The van der Waals surface area contributed by atoms with Crippen molar-refractivity contribution in [1.82, 2.24) is 14.9 Å². The Hall–Kier alpha value is -2.43. The molecular weight excluding hydrogens is 286 g/mol. The van der Waals surface area contributed by atoms with Crippen LogP contribution in [0.2, 0.25) is 0 Å². The molecule has 3 rings (SSSR count). The summed E-state index contributed by atoms with van der Waals surface area (Å²) in [5.41, 5.74) is 9.40. The van der Waals surface area contributed by atoms with E-state index in [4.69, 9.17) is 5.73 Å². The van der Waals surface area contributed by atoms with E-state index in [1.807, 2.05) is 19.9 Å². The molecule has 0 spiro atoms. The van der Waals surface area contributed by atoms with Gasteiger partial charge in [0.2, 0.25) is 0 Å². The lowest BCUT2D eigenvalue weighted by Crippen LogP contribution is -2.42. The molecule has 0 radical (unpaired) electrons. The van der Waals surface area contributed by atoms with E-state index >= 15 is 0 Å². The number of guanidine groups is 1. The molecule has 0 saturated carbocycles. The van der Waals surface area contributed by atoms with E-state index in [0.29, 0.717) is 17.8 Å². The molecule has 2 N–H and O–H groups in total. The second-order valence-corrected chi connectivity index (χ2v) is 6.09. The number of likely N-dealkylation sites (tertiary alicyclic amines) is 1. The van der Waals surface area contributed by atoms with E-state index < -0.39 is 0 Å². The van der Waals surface area contributed by atoms with Crippen LogP contribution >= 0.6 is 0 Å². The van der Waals surface area contributed by atoms with Gasteiger partial charge in [0.1, 0.15) is 0 Å². The normalized spacial score (nSPS) is 16.6. The van der Waals surface area contributed by atoms with Crippen molar-refractivity contribution in [3.05, 3.63) is 53.3 Å². The molecule has 0 atom stereocenters. The standard InChI is InChI=1S/C18H23N5/c1-13-12-14(2)21-18(20-13)22-17(19)23-10-8-16(9-11-23)15-6-4-3-5-7-15/h3-7,12,16H,8-11H2,1-2H3,(H2,19,20,21,22). The van der Waals surface area contributed by atoms with Gasteiger partial charge in [0, 0.05) is 24.5 Å². The Morgan fingerprint density at radius 2 is 1.70 bits per heavy atom. The summed E-state index contributed by atoms with van der Waals surface area (Å²) in [5.74, 6) is 1.57. The van der Waals surface area contributed by atoms with Gasteiger partial charge in [-0.25, -0.2) is 9.97 Å². The van der Waals surface area contributed by atoms with Crippen molar-refractivity contribution in [2.24, 2.45) is 10.7 Å². The van der Waals surface area contributed by atoms with Crippen molar-refractivity contribution in [3.8, 4) is 0 Å². The molecule has 0 aliphatic carbocycles. The highest BCUT2D eigenvalue weighted by atomic mass is 15.3. The Labute approximate surface area is 137 Å². The van der Waals surface area contributed by atoms with Gasteiger partial charge < -0.3 is 10.6 Å². The lowest BCUT2D eigenvalue weighted by atomic mass is 9.90. The largest absolute Gasteiger partial charge is 0.369 e. The fourth-order valence-electron chi connectivity index (χ4n) is 3.10. The van der Waals surface area contributed by atoms with Crippen LogP contribution in [0.4, 0.5) is 5.95 Å². The minimum Gasteiger partial charge on any atom is -0.369 e. The second kappa shape index (κ2) is 6.77. The summed E-state index contributed by atoms with van der Waals surface area (Å²) < 4.78 is 0. The Morgan fingerprint density at radius 3 is 2.30 bits per heavy atom. The molecule has 1 aliphatic heterocycles. The summed E-state index contributed by atoms with van der Waals surface area (Å²) in [5, 5.41) is 0. The van der Waals surface area contributed by atoms with Crippen molar-refractivity contribution < 1.29 is 0 Å². The molecule has 5 nitrogen and oxygen atoms in total. The number of aryl methyl sites for hydroxylation is 2. The van der Waals surface area contributed by atoms with Crippen molar-refractivity contribution in [2.45, 2.75) is 32.6 Å². The van der Waals surface area contributed by atoms with E-state index in [1.54, 1.807) is 0 Å². The molecule has 1 aromatic heterocycles. The maximum atomic E-state index is 6.16. The van der Waals surface area contributed by atoms with Crippen LogP contribution in [0.3, 0.4) is 0 Å². The predicted octanol–water partition coefficient (Wildman–Crippen LogP) is 2.92. The van der Waals surface area contributed by atoms with Crippen LogP contribution in [-0.2, 0) is 0 Å². The molecule has 5 heteroatoms. The molecule has 2 aromatic rings. The van der Waals surface area contributed by atoms with Gasteiger partial charge in [0.25, 0.3) is 5.95 Å². The maximum absolute atomic E-state index is 6.16. The molecule has 0 amide bonds. The number of nitrogens with zero attached hydrogens (tertiary/aromatic N) is 4. The van der Waals surface area contributed by atoms with Gasteiger partial charge in [-0.1, -0.05) is 30.3 Å². The minimum atomic E-state index is 0.449.